The van der Waals surface area contributed by atoms with Crippen LogP contribution in [0.3, 0.4) is 0 Å². The molecule has 0 spiro atoms. The van der Waals surface area contributed by atoms with Crippen molar-refractivity contribution in [1.82, 2.24) is 5.32 Å². The van der Waals surface area contributed by atoms with E-state index in [2.05, 4.69) is 64.6 Å². The molecule has 0 radical (unpaired) electrons. The minimum Gasteiger partial charge on any atom is -0.504 e. The fourth-order valence-corrected chi connectivity index (χ4v) is 4.16. The van der Waals surface area contributed by atoms with Crippen LogP contribution in [0, 0.1) is 6.92 Å². The lowest BCUT2D eigenvalue weighted by atomic mass is 9.93. The van der Waals surface area contributed by atoms with Gasteiger partial charge in [0.15, 0.2) is 11.5 Å². The Hall–Kier alpha value is -2.63. The molecular formula is C25H25BrN2O2. The van der Waals surface area contributed by atoms with Crippen LogP contribution in [0.2, 0.25) is 0 Å². The third kappa shape index (κ3) is 4.42. The Morgan fingerprint density at radius 2 is 1.87 bits per heavy atom. The number of nitrogens with one attached hydrogen (secondary N) is 1. The number of aryl methyl sites for hydroxylation is 1. The topological polar surface area (TPSA) is 53.8 Å². The van der Waals surface area contributed by atoms with E-state index in [4.69, 9.17) is 9.73 Å². The van der Waals surface area contributed by atoms with Gasteiger partial charge in [-0.3, -0.25) is 10.3 Å². The van der Waals surface area contributed by atoms with E-state index in [9.17, 15) is 5.11 Å². The van der Waals surface area contributed by atoms with Gasteiger partial charge in [-0.25, -0.2) is 0 Å². The van der Waals surface area contributed by atoms with Crippen molar-refractivity contribution >= 4 is 21.6 Å². The van der Waals surface area contributed by atoms with Gasteiger partial charge in [0.2, 0.25) is 0 Å². The normalized spacial score (nSPS) is 18.7. The number of phenols is 1. The Kier molecular flexibility index (Phi) is 6.21. The van der Waals surface area contributed by atoms with Gasteiger partial charge in [0.25, 0.3) is 0 Å². The standard InChI is InChI=1S/C25H25BrN2O2/c1-3-30-23-9-5-8-20(24(23)29)22-15-21(18-6-4-7-19(26)14-18)27-25(28-22)17-12-10-16(2)11-13-17/h4-14,22,25,28-29H,3,15H2,1-2H3/t22-,25+/m1/s1. The van der Waals surface area contributed by atoms with Crippen LogP contribution in [0.1, 0.15) is 47.8 Å². The van der Waals surface area contributed by atoms with Gasteiger partial charge in [-0.1, -0.05) is 70.0 Å². The Labute approximate surface area is 185 Å². The molecule has 0 fully saturated rings. The molecule has 0 amide bonds. The van der Waals surface area contributed by atoms with E-state index < -0.39 is 0 Å². The van der Waals surface area contributed by atoms with E-state index in [1.807, 2.05) is 31.2 Å². The first-order valence-corrected chi connectivity index (χ1v) is 10.9. The maximum absolute atomic E-state index is 10.9. The fourth-order valence-electron chi connectivity index (χ4n) is 3.76. The van der Waals surface area contributed by atoms with E-state index in [0.717, 1.165) is 26.9 Å². The molecule has 0 aromatic heterocycles. The molecule has 2 atom stereocenters. The van der Waals surface area contributed by atoms with Crippen molar-refractivity contribution in [2.75, 3.05) is 6.61 Å². The van der Waals surface area contributed by atoms with Gasteiger partial charge in [0, 0.05) is 28.2 Å². The molecule has 0 saturated heterocycles. The summed E-state index contributed by atoms with van der Waals surface area (Å²) < 4.78 is 6.63. The van der Waals surface area contributed by atoms with Crippen LogP contribution in [0.4, 0.5) is 0 Å². The number of hydrogen-bond acceptors (Lipinski definition) is 4. The lowest BCUT2D eigenvalue weighted by Gasteiger charge is -2.31. The first-order valence-electron chi connectivity index (χ1n) is 10.1. The number of hydrogen-bond donors (Lipinski definition) is 2. The first kappa shape index (κ1) is 20.6. The molecule has 1 aliphatic heterocycles. The quantitative estimate of drug-likeness (QED) is 0.480. The molecular weight excluding hydrogens is 440 g/mol. The van der Waals surface area contributed by atoms with Gasteiger partial charge in [-0.2, -0.15) is 0 Å². The zero-order valence-electron chi connectivity index (χ0n) is 17.1. The first-order chi connectivity index (χ1) is 14.5. The fraction of sp³-hybridized carbons (Fsp3) is 0.240. The molecule has 30 heavy (non-hydrogen) atoms. The van der Waals surface area contributed by atoms with Crippen LogP contribution in [-0.2, 0) is 0 Å². The third-order valence-electron chi connectivity index (χ3n) is 5.30. The minimum absolute atomic E-state index is 0.0943. The predicted octanol–water partition coefficient (Wildman–Crippen LogP) is 6.08. The van der Waals surface area contributed by atoms with Crippen LogP contribution in [0.25, 0.3) is 0 Å². The lowest BCUT2D eigenvalue weighted by molar-refractivity contribution is 0.313. The second kappa shape index (κ2) is 9.02. The molecule has 5 heteroatoms. The Morgan fingerprint density at radius 3 is 2.60 bits per heavy atom. The van der Waals surface area contributed by atoms with Gasteiger partial charge in [-0.15, -0.1) is 0 Å². The zero-order chi connectivity index (χ0) is 21.1. The van der Waals surface area contributed by atoms with E-state index in [0.29, 0.717) is 18.8 Å². The number of aromatic hydroxyl groups is 1. The van der Waals surface area contributed by atoms with Crippen molar-refractivity contribution < 1.29 is 9.84 Å². The van der Waals surface area contributed by atoms with Crippen molar-refractivity contribution in [3.05, 3.63) is 93.5 Å². The van der Waals surface area contributed by atoms with E-state index in [1.54, 1.807) is 6.07 Å². The molecule has 4 nitrogen and oxygen atoms in total. The number of para-hydroxylation sites is 1. The number of ether oxygens (including phenoxy) is 1. The molecule has 1 aliphatic rings. The van der Waals surface area contributed by atoms with Crippen LogP contribution < -0.4 is 10.1 Å². The summed E-state index contributed by atoms with van der Waals surface area (Å²) in [4.78, 5) is 5.03. The largest absolute Gasteiger partial charge is 0.504 e. The van der Waals surface area contributed by atoms with E-state index in [1.165, 1.54) is 5.56 Å². The van der Waals surface area contributed by atoms with E-state index in [-0.39, 0.29) is 18.0 Å². The average molecular weight is 465 g/mol. The summed E-state index contributed by atoms with van der Waals surface area (Å²) in [7, 11) is 0. The van der Waals surface area contributed by atoms with Crippen molar-refractivity contribution in [2.45, 2.75) is 32.5 Å². The Bertz CT molecular complexity index is 1060. The summed E-state index contributed by atoms with van der Waals surface area (Å²) in [6.07, 6.45) is 0.468. The van der Waals surface area contributed by atoms with Gasteiger partial charge in [0.05, 0.1) is 6.61 Å². The molecule has 3 aromatic carbocycles. The summed E-state index contributed by atoms with van der Waals surface area (Å²) in [5, 5.41) is 14.5. The molecule has 0 bridgehead atoms. The van der Waals surface area contributed by atoms with Crippen molar-refractivity contribution in [3.8, 4) is 11.5 Å². The van der Waals surface area contributed by atoms with Gasteiger partial charge >= 0.3 is 0 Å². The molecule has 0 unspecified atom stereocenters. The van der Waals surface area contributed by atoms with Crippen LogP contribution in [-0.4, -0.2) is 17.4 Å². The monoisotopic (exact) mass is 464 g/mol. The van der Waals surface area contributed by atoms with Crippen molar-refractivity contribution in [3.63, 3.8) is 0 Å². The van der Waals surface area contributed by atoms with Gasteiger partial charge in [-0.05, 0) is 43.2 Å². The highest BCUT2D eigenvalue weighted by Gasteiger charge is 2.28. The molecule has 154 valence electrons. The zero-order valence-corrected chi connectivity index (χ0v) is 18.7. The number of nitrogens with zero attached hydrogens (tertiary/aromatic N) is 1. The number of aliphatic imine (C=N–C) groups is 1. The summed E-state index contributed by atoms with van der Waals surface area (Å²) in [5.41, 5.74) is 5.21. The number of rotatable bonds is 5. The maximum atomic E-state index is 10.9. The van der Waals surface area contributed by atoms with E-state index >= 15 is 0 Å². The predicted molar refractivity (Wildman–Crippen MR) is 124 cm³/mol. The lowest BCUT2D eigenvalue weighted by Crippen LogP contribution is -2.33. The second-order valence-electron chi connectivity index (χ2n) is 7.45. The van der Waals surface area contributed by atoms with Gasteiger partial charge < -0.3 is 9.84 Å². The summed E-state index contributed by atoms with van der Waals surface area (Å²) in [5.74, 6) is 0.699. The van der Waals surface area contributed by atoms with Crippen LogP contribution >= 0.6 is 15.9 Å². The number of phenolic OH excluding ortho intramolecular Hbond substituents is 1. The Balaban J connectivity index is 1.75. The summed E-state index contributed by atoms with van der Waals surface area (Å²) in [6.45, 7) is 4.50. The molecule has 1 heterocycles. The van der Waals surface area contributed by atoms with Crippen LogP contribution in [0.15, 0.2) is 76.2 Å². The summed E-state index contributed by atoms with van der Waals surface area (Å²) in [6, 6.07) is 22.2. The second-order valence-corrected chi connectivity index (χ2v) is 8.37. The SMILES string of the molecule is CCOc1cccc([C@H]2CC(c3cccc(Br)c3)=N[C@H](c3ccc(C)cc3)N2)c1O. The molecule has 0 saturated carbocycles. The number of halogens is 1. The maximum Gasteiger partial charge on any atom is 0.162 e. The highest BCUT2D eigenvalue weighted by atomic mass is 79.9. The van der Waals surface area contributed by atoms with Crippen LogP contribution in [0.5, 0.6) is 11.5 Å². The third-order valence-corrected chi connectivity index (χ3v) is 5.79. The minimum atomic E-state index is -0.200. The van der Waals surface area contributed by atoms with Gasteiger partial charge in [0.1, 0.15) is 6.17 Å². The number of benzene rings is 3. The summed E-state index contributed by atoms with van der Waals surface area (Å²) >= 11 is 3.57. The molecule has 2 N–H and O–H groups in total. The van der Waals surface area contributed by atoms with Crippen molar-refractivity contribution in [1.29, 1.82) is 0 Å². The van der Waals surface area contributed by atoms with Crippen molar-refractivity contribution in [2.24, 2.45) is 4.99 Å². The highest BCUT2D eigenvalue weighted by Crippen LogP contribution is 2.39. The average Bonchev–Trinajstić information content (AvgIpc) is 2.75. The molecule has 3 aromatic rings. The Morgan fingerprint density at radius 1 is 1.10 bits per heavy atom. The molecule has 0 aliphatic carbocycles. The highest BCUT2D eigenvalue weighted by molar-refractivity contribution is 9.10. The smallest absolute Gasteiger partial charge is 0.162 e. The molecule has 4 rings (SSSR count).